The highest BCUT2D eigenvalue weighted by molar-refractivity contribution is 6.43. The van der Waals surface area contributed by atoms with Crippen molar-refractivity contribution in [2.45, 2.75) is 26.7 Å². The van der Waals surface area contributed by atoms with Crippen LogP contribution in [0.25, 0.3) is 0 Å². The van der Waals surface area contributed by atoms with E-state index in [1.54, 1.807) is 18.2 Å². The minimum absolute atomic E-state index is 0.0820. The number of nitrogens with zero attached hydrogens (tertiary/aromatic N) is 2. The Morgan fingerprint density at radius 1 is 0.900 bits per heavy atom. The number of hydrogen-bond donors (Lipinski definition) is 0. The second kappa shape index (κ2) is 9.73. The Hall–Kier alpha value is -3.61. The minimum atomic E-state index is -0.588. The van der Waals surface area contributed by atoms with E-state index < -0.39 is 5.97 Å². The maximum atomic E-state index is 12.3. The third-order valence-electron chi connectivity index (χ3n) is 4.67. The number of benzene rings is 1. The highest BCUT2D eigenvalue weighted by atomic mass is 16.6. The number of methoxy groups -OCH3 is 1. The molecule has 2 aromatic rings. The fraction of sp³-hybridized carbons (Fsp3) is 0.261. The SMILES string of the molecule is CO/N=C(\C(=O)OC)C1=C(Oc2cccc(Oc3ccccc3)n2)CC(C)=C(C)C1. The molecule has 0 unspecified atom stereocenters. The van der Waals surface area contributed by atoms with Crippen LogP contribution in [0.4, 0.5) is 0 Å². The van der Waals surface area contributed by atoms with Crippen LogP contribution in [-0.2, 0) is 14.4 Å². The first-order valence-electron chi connectivity index (χ1n) is 9.46. The third-order valence-corrected chi connectivity index (χ3v) is 4.67. The predicted octanol–water partition coefficient (Wildman–Crippen LogP) is 4.81. The van der Waals surface area contributed by atoms with Gasteiger partial charge in [-0.15, -0.1) is 0 Å². The van der Waals surface area contributed by atoms with Crippen molar-refractivity contribution < 1.29 is 23.8 Å². The van der Waals surface area contributed by atoms with E-state index in [0.717, 1.165) is 11.1 Å². The summed E-state index contributed by atoms with van der Waals surface area (Å²) in [5.41, 5.74) is 2.99. The van der Waals surface area contributed by atoms with Gasteiger partial charge in [-0.3, -0.25) is 0 Å². The lowest BCUT2D eigenvalue weighted by Crippen LogP contribution is -2.23. The Morgan fingerprint density at radius 2 is 1.57 bits per heavy atom. The van der Waals surface area contributed by atoms with Gasteiger partial charge in [0.15, 0.2) is 5.71 Å². The molecule has 1 aromatic carbocycles. The van der Waals surface area contributed by atoms with E-state index in [1.165, 1.54) is 14.2 Å². The van der Waals surface area contributed by atoms with E-state index in [0.29, 0.717) is 41.7 Å². The Bertz CT molecular complexity index is 1010. The highest BCUT2D eigenvalue weighted by Gasteiger charge is 2.28. The van der Waals surface area contributed by atoms with Crippen molar-refractivity contribution in [2.75, 3.05) is 14.2 Å². The smallest absolute Gasteiger partial charge is 0.360 e. The zero-order chi connectivity index (χ0) is 21.5. The van der Waals surface area contributed by atoms with Crippen molar-refractivity contribution in [3.8, 4) is 17.5 Å². The molecule has 1 heterocycles. The van der Waals surface area contributed by atoms with Crippen LogP contribution >= 0.6 is 0 Å². The predicted molar refractivity (Wildman–Crippen MR) is 112 cm³/mol. The van der Waals surface area contributed by atoms with Crippen LogP contribution in [0, 0.1) is 0 Å². The quantitative estimate of drug-likeness (QED) is 0.283. The third kappa shape index (κ3) is 5.05. The molecule has 1 aliphatic carbocycles. The molecule has 0 saturated heterocycles. The lowest BCUT2D eigenvalue weighted by atomic mass is 9.89. The van der Waals surface area contributed by atoms with Crippen molar-refractivity contribution in [1.82, 2.24) is 4.98 Å². The van der Waals surface area contributed by atoms with E-state index in [-0.39, 0.29) is 5.71 Å². The van der Waals surface area contributed by atoms with Crippen LogP contribution in [0.2, 0.25) is 0 Å². The van der Waals surface area contributed by atoms with E-state index in [4.69, 9.17) is 19.0 Å². The first-order chi connectivity index (χ1) is 14.5. The number of carbonyl (C=O) groups excluding carboxylic acids is 1. The highest BCUT2D eigenvalue weighted by Crippen LogP contribution is 2.33. The Morgan fingerprint density at radius 3 is 2.23 bits per heavy atom. The summed E-state index contributed by atoms with van der Waals surface area (Å²) in [5.74, 6) is 1.41. The standard InChI is InChI=1S/C23H24N2O5/c1-15-13-18(22(25-28-4)23(26)27-3)19(14-16(15)2)30-21-12-8-11-20(24-21)29-17-9-6-5-7-10-17/h5-12H,13-14H2,1-4H3/b25-22-. The van der Waals surface area contributed by atoms with Crippen molar-refractivity contribution in [3.05, 3.63) is 71.0 Å². The number of pyridine rings is 1. The van der Waals surface area contributed by atoms with Gasteiger partial charge in [-0.25, -0.2) is 4.79 Å². The van der Waals surface area contributed by atoms with Gasteiger partial charge in [0.2, 0.25) is 11.8 Å². The largest absolute Gasteiger partial charge is 0.464 e. The Balaban J connectivity index is 1.92. The molecule has 0 bridgehead atoms. The van der Waals surface area contributed by atoms with Crippen LogP contribution < -0.4 is 9.47 Å². The lowest BCUT2D eigenvalue weighted by Gasteiger charge is -2.22. The maximum absolute atomic E-state index is 12.3. The number of esters is 1. The van der Waals surface area contributed by atoms with Crippen molar-refractivity contribution >= 4 is 11.7 Å². The number of para-hydroxylation sites is 1. The van der Waals surface area contributed by atoms with Gasteiger partial charge in [0.25, 0.3) is 0 Å². The average molecular weight is 408 g/mol. The van der Waals surface area contributed by atoms with Crippen LogP contribution in [0.15, 0.2) is 76.2 Å². The molecule has 7 heteroatoms. The molecule has 0 spiro atoms. The minimum Gasteiger partial charge on any atom is -0.464 e. The van der Waals surface area contributed by atoms with Gasteiger partial charge in [0.05, 0.1) is 7.11 Å². The van der Waals surface area contributed by atoms with E-state index in [1.807, 2.05) is 44.2 Å². The number of rotatable bonds is 7. The molecular weight excluding hydrogens is 384 g/mol. The van der Waals surface area contributed by atoms with Gasteiger partial charge in [-0.1, -0.05) is 40.6 Å². The summed E-state index contributed by atoms with van der Waals surface area (Å²) < 4.78 is 16.8. The summed E-state index contributed by atoms with van der Waals surface area (Å²) in [6.45, 7) is 4.05. The fourth-order valence-corrected chi connectivity index (χ4v) is 2.98. The van der Waals surface area contributed by atoms with Gasteiger partial charge < -0.3 is 19.0 Å². The normalized spacial score (nSPS) is 14.5. The van der Waals surface area contributed by atoms with Crippen LogP contribution in [0.5, 0.6) is 17.5 Å². The summed E-state index contributed by atoms with van der Waals surface area (Å²) in [6, 6.07) is 14.6. The topological polar surface area (TPSA) is 79.2 Å². The molecule has 7 nitrogen and oxygen atoms in total. The molecular formula is C23H24N2O5. The van der Waals surface area contributed by atoms with Gasteiger partial charge in [0, 0.05) is 24.1 Å². The van der Waals surface area contributed by atoms with Gasteiger partial charge >= 0.3 is 5.97 Å². The van der Waals surface area contributed by atoms with E-state index in [2.05, 4.69) is 10.1 Å². The summed E-state index contributed by atoms with van der Waals surface area (Å²) in [5, 5.41) is 3.88. The second-order valence-electron chi connectivity index (χ2n) is 6.76. The van der Waals surface area contributed by atoms with Crippen molar-refractivity contribution in [2.24, 2.45) is 5.16 Å². The molecule has 0 radical (unpaired) electrons. The van der Waals surface area contributed by atoms with E-state index in [9.17, 15) is 4.79 Å². The number of aromatic nitrogens is 1. The molecule has 0 saturated carbocycles. The first kappa shape index (κ1) is 21.1. The first-order valence-corrected chi connectivity index (χ1v) is 9.46. The second-order valence-corrected chi connectivity index (χ2v) is 6.76. The zero-order valence-electron chi connectivity index (χ0n) is 17.5. The molecule has 3 rings (SSSR count). The van der Waals surface area contributed by atoms with Gasteiger partial charge in [-0.05, 0) is 32.4 Å². The summed E-state index contributed by atoms with van der Waals surface area (Å²) in [6.07, 6.45) is 1.02. The number of oxime groups is 1. The molecule has 30 heavy (non-hydrogen) atoms. The summed E-state index contributed by atoms with van der Waals surface area (Å²) in [7, 11) is 2.68. The number of allylic oxidation sites excluding steroid dienone is 2. The fourth-order valence-electron chi connectivity index (χ4n) is 2.98. The van der Waals surface area contributed by atoms with E-state index >= 15 is 0 Å². The van der Waals surface area contributed by atoms with Crippen molar-refractivity contribution in [3.63, 3.8) is 0 Å². The summed E-state index contributed by atoms with van der Waals surface area (Å²) in [4.78, 5) is 21.6. The molecule has 0 atom stereocenters. The molecule has 0 N–H and O–H groups in total. The Kier molecular flexibility index (Phi) is 6.85. The molecule has 0 fully saturated rings. The molecule has 1 aromatic heterocycles. The molecule has 0 aliphatic heterocycles. The van der Waals surface area contributed by atoms with Crippen LogP contribution in [0.3, 0.4) is 0 Å². The molecule has 1 aliphatic rings. The number of ether oxygens (including phenoxy) is 3. The van der Waals surface area contributed by atoms with Gasteiger partial charge in [-0.2, -0.15) is 4.98 Å². The molecule has 156 valence electrons. The van der Waals surface area contributed by atoms with Crippen LogP contribution in [0.1, 0.15) is 26.7 Å². The maximum Gasteiger partial charge on any atom is 0.360 e. The summed E-state index contributed by atoms with van der Waals surface area (Å²) >= 11 is 0. The lowest BCUT2D eigenvalue weighted by molar-refractivity contribution is -0.132. The van der Waals surface area contributed by atoms with Crippen molar-refractivity contribution in [1.29, 1.82) is 0 Å². The number of hydrogen-bond acceptors (Lipinski definition) is 7. The Labute approximate surface area is 175 Å². The molecule has 0 amide bonds. The number of carbonyl (C=O) groups is 1. The van der Waals surface area contributed by atoms with Gasteiger partial charge in [0.1, 0.15) is 18.6 Å². The monoisotopic (exact) mass is 408 g/mol. The zero-order valence-corrected chi connectivity index (χ0v) is 17.5. The van der Waals surface area contributed by atoms with Crippen LogP contribution in [-0.4, -0.2) is 30.9 Å². The average Bonchev–Trinajstić information content (AvgIpc) is 2.75.